The number of rotatable bonds is 8. The molecule has 1 aromatic heterocycles. The molecule has 1 aromatic rings. The van der Waals surface area contributed by atoms with E-state index in [-0.39, 0.29) is 11.5 Å². The van der Waals surface area contributed by atoms with Gasteiger partial charge in [-0.15, -0.1) is 23.5 Å². The van der Waals surface area contributed by atoms with E-state index in [4.69, 9.17) is 10.2 Å². The van der Waals surface area contributed by atoms with Crippen LogP contribution >= 0.6 is 23.5 Å². The lowest BCUT2D eigenvalue weighted by atomic mass is 10.3. The van der Waals surface area contributed by atoms with Crippen molar-refractivity contribution in [2.24, 2.45) is 0 Å². The Hall–Kier alpha value is -1.21. The van der Waals surface area contributed by atoms with Gasteiger partial charge in [-0.05, 0) is 12.1 Å². The van der Waals surface area contributed by atoms with Gasteiger partial charge in [0.25, 0.3) is 0 Å². The average Bonchev–Trinajstić information content (AvgIpc) is 2.28. The standard InChI is InChI=1S/C11H13NO4S2/c13-10(14)6-17-4-8-2-1-3-9(12-8)5-18-7-11(15)16/h1-3H,4-7H2,(H,13,14)(H,15,16). The summed E-state index contributed by atoms with van der Waals surface area (Å²) in [6, 6.07) is 5.51. The summed E-state index contributed by atoms with van der Waals surface area (Å²) in [5.41, 5.74) is 1.63. The molecule has 2 N–H and O–H groups in total. The average molecular weight is 287 g/mol. The number of carboxylic acids is 2. The van der Waals surface area contributed by atoms with Crippen LogP contribution in [0.1, 0.15) is 11.4 Å². The monoisotopic (exact) mass is 287 g/mol. The summed E-state index contributed by atoms with van der Waals surface area (Å²) < 4.78 is 0. The predicted molar refractivity (Wildman–Crippen MR) is 71.8 cm³/mol. The molecular formula is C11H13NO4S2. The first-order chi connectivity index (χ1) is 8.58. The molecule has 0 atom stereocenters. The lowest BCUT2D eigenvalue weighted by Crippen LogP contribution is -2.01. The second-order valence-electron chi connectivity index (χ2n) is 3.39. The Morgan fingerprint density at radius 2 is 1.44 bits per heavy atom. The minimum Gasteiger partial charge on any atom is -0.481 e. The smallest absolute Gasteiger partial charge is 0.313 e. The zero-order valence-corrected chi connectivity index (χ0v) is 11.2. The maximum Gasteiger partial charge on any atom is 0.313 e. The van der Waals surface area contributed by atoms with Crippen molar-refractivity contribution in [2.45, 2.75) is 11.5 Å². The van der Waals surface area contributed by atoms with E-state index in [2.05, 4.69) is 4.98 Å². The molecule has 0 saturated heterocycles. The Balaban J connectivity index is 2.41. The van der Waals surface area contributed by atoms with Crippen molar-refractivity contribution < 1.29 is 19.8 Å². The van der Waals surface area contributed by atoms with Gasteiger partial charge in [-0.3, -0.25) is 14.6 Å². The Kier molecular flexibility index (Phi) is 6.59. The van der Waals surface area contributed by atoms with E-state index in [0.29, 0.717) is 11.5 Å². The summed E-state index contributed by atoms with van der Waals surface area (Å²) >= 11 is 2.58. The summed E-state index contributed by atoms with van der Waals surface area (Å²) in [6.45, 7) is 0. The van der Waals surface area contributed by atoms with Gasteiger partial charge in [-0.2, -0.15) is 0 Å². The van der Waals surface area contributed by atoms with Crippen LogP contribution in [0.4, 0.5) is 0 Å². The number of carbonyl (C=O) groups is 2. The summed E-state index contributed by atoms with van der Waals surface area (Å²) in [5, 5.41) is 17.0. The van der Waals surface area contributed by atoms with Crippen LogP contribution in [0.2, 0.25) is 0 Å². The van der Waals surface area contributed by atoms with Crippen LogP contribution in [-0.4, -0.2) is 38.6 Å². The van der Waals surface area contributed by atoms with Crippen LogP contribution in [0.15, 0.2) is 18.2 Å². The van der Waals surface area contributed by atoms with Crippen molar-refractivity contribution in [3.05, 3.63) is 29.6 Å². The Morgan fingerprint density at radius 3 is 1.83 bits per heavy atom. The van der Waals surface area contributed by atoms with E-state index in [0.717, 1.165) is 11.4 Å². The number of hydrogen-bond donors (Lipinski definition) is 2. The second-order valence-corrected chi connectivity index (χ2v) is 5.36. The van der Waals surface area contributed by atoms with Gasteiger partial charge in [0.05, 0.1) is 22.9 Å². The normalized spacial score (nSPS) is 10.2. The highest BCUT2D eigenvalue weighted by Gasteiger charge is 2.03. The number of carboxylic acid groups (broad SMARTS) is 2. The van der Waals surface area contributed by atoms with Gasteiger partial charge in [-0.25, -0.2) is 0 Å². The first-order valence-electron chi connectivity index (χ1n) is 5.12. The summed E-state index contributed by atoms with van der Waals surface area (Å²) in [6.07, 6.45) is 0. The van der Waals surface area contributed by atoms with Crippen molar-refractivity contribution in [3.8, 4) is 0 Å². The fourth-order valence-corrected chi connectivity index (χ4v) is 2.47. The minimum absolute atomic E-state index is 0.0552. The van der Waals surface area contributed by atoms with Gasteiger partial charge in [0.2, 0.25) is 0 Å². The van der Waals surface area contributed by atoms with E-state index in [1.165, 1.54) is 23.5 Å². The third-order valence-electron chi connectivity index (χ3n) is 1.82. The molecule has 0 radical (unpaired) electrons. The van der Waals surface area contributed by atoms with Crippen molar-refractivity contribution in [1.29, 1.82) is 0 Å². The molecule has 0 aliphatic carbocycles. The van der Waals surface area contributed by atoms with Crippen molar-refractivity contribution >= 4 is 35.5 Å². The fraction of sp³-hybridized carbons (Fsp3) is 0.364. The number of nitrogens with zero attached hydrogens (tertiary/aromatic N) is 1. The molecule has 0 aromatic carbocycles. The predicted octanol–water partition coefficient (Wildman–Crippen LogP) is 1.72. The van der Waals surface area contributed by atoms with E-state index in [1.54, 1.807) is 0 Å². The first kappa shape index (κ1) is 14.8. The molecule has 0 bridgehead atoms. The molecule has 7 heteroatoms. The van der Waals surface area contributed by atoms with Crippen LogP contribution < -0.4 is 0 Å². The highest BCUT2D eigenvalue weighted by molar-refractivity contribution is 7.99. The van der Waals surface area contributed by atoms with Gasteiger partial charge in [0.15, 0.2) is 0 Å². The SMILES string of the molecule is O=C(O)CSCc1cccc(CSCC(=O)O)n1. The minimum atomic E-state index is -0.840. The Labute approximate surface area is 113 Å². The maximum absolute atomic E-state index is 10.4. The molecular weight excluding hydrogens is 274 g/mol. The molecule has 5 nitrogen and oxygen atoms in total. The van der Waals surface area contributed by atoms with E-state index in [9.17, 15) is 9.59 Å². The van der Waals surface area contributed by atoms with Crippen molar-refractivity contribution in [1.82, 2.24) is 4.98 Å². The van der Waals surface area contributed by atoms with Crippen LogP contribution in [0.25, 0.3) is 0 Å². The van der Waals surface area contributed by atoms with Gasteiger partial charge >= 0.3 is 11.9 Å². The maximum atomic E-state index is 10.4. The largest absolute Gasteiger partial charge is 0.481 e. The molecule has 1 heterocycles. The molecule has 18 heavy (non-hydrogen) atoms. The summed E-state index contributed by atoms with van der Waals surface area (Å²) in [4.78, 5) is 25.1. The van der Waals surface area contributed by atoms with Gasteiger partial charge in [0, 0.05) is 11.5 Å². The lowest BCUT2D eigenvalue weighted by Gasteiger charge is -2.03. The number of hydrogen-bond acceptors (Lipinski definition) is 5. The quantitative estimate of drug-likeness (QED) is 0.752. The molecule has 1 rings (SSSR count). The third-order valence-corrected chi connectivity index (χ3v) is 3.72. The molecule has 0 amide bonds. The zero-order valence-electron chi connectivity index (χ0n) is 9.54. The molecule has 0 fully saturated rings. The van der Waals surface area contributed by atoms with Gasteiger partial charge in [-0.1, -0.05) is 6.07 Å². The number of thioether (sulfide) groups is 2. The molecule has 0 aliphatic heterocycles. The van der Waals surface area contributed by atoms with E-state index >= 15 is 0 Å². The van der Waals surface area contributed by atoms with Gasteiger partial charge in [0.1, 0.15) is 0 Å². The summed E-state index contributed by atoms with van der Waals surface area (Å²) in [5.74, 6) is -0.478. The molecule has 98 valence electrons. The van der Waals surface area contributed by atoms with E-state index in [1.807, 2.05) is 18.2 Å². The highest BCUT2D eigenvalue weighted by Crippen LogP contribution is 2.14. The third kappa shape index (κ3) is 6.51. The number of aromatic nitrogens is 1. The highest BCUT2D eigenvalue weighted by atomic mass is 32.2. The Bertz CT molecular complexity index is 390. The number of pyridine rings is 1. The molecule has 0 spiro atoms. The van der Waals surface area contributed by atoms with Crippen LogP contribution in [0.5, 0.6) is 0 Å². The first-order valence-corrected chi connectivity index (χ1v) is 7.43. The zero-order chi connectivity index (χ0) is 13.4. The van der Waals surface area contributed by atoms with Crippen molar-refractivity contribution in [2.75, 3.05) is 11.5 Å². The van der Waals surface area contributed by atoms with Crippen LogP contribution in [-0.2, 0) is 21.1 Å². The molecule has 0 unspecified atom stereocenters. The topological polar surface area (TPSA) is 87.5 Å². The fourth-order valence-electron chi connectivity index (χ4n) is 1.18. The molecule has 0 aliphatic rings. The van der Waals surface area contributed by atoms with E-state index < -0.39 is 11.9 Å². The Morgan fingerprint density at radius 1 is 1.00 bits per heavy atom. The second kappa shape index (κ2) is 7.99. The van der Waals surface area contributed by atoms with Crippen molar-refractivity contribution in [3.63, 3.8) is 0 Å². The number of aliphatic carboxylic acids is 2. The molecule has 0 saturated carbocycles. The van der Waals surface area contributed by atoms with Gasteiger partial charge < -0.3 is 10.2 Å². The lowest BCUT2D eigenvalue weighted by molar-refractivity contribution is -0.134. The van der Waals surface area contributed by atoms with Crippen LogP contribution in [0.3, 0.4) is 0 Å². The van der Waals surface area contributed by atoms with Crippen LogP contribution in [0, 0.1) is 0 Å². The summed E-state index contributed by atoms with van der Waals surface area (Å²) in [7, 11) is 0.